The molecular formula is C25H19BrF3NO3. The number of halogens is 4. The fraction of sp³-hybridized carbons (Fsp3) is 0.160. The maximum atomic E-state index is 13.0. The van der Waals surface area contributed by atoms with Gasteiger partial charge in [0.05, 0.1) is 12.2 Å². The van der Waals surface area contributed by atoms with Crippen molar-refractivity contribution in [2.45, 2.75) is 19.7 Å². The van der Waals surface area contributed by atoms with E-state index < -0.39 is 17.6 Å². The van der Waals surface area contributed by atoms with Crippen LogP contribution in [0.25, 0.3) is 11.6 Å². The van der Waals surface area contributed by atoms with E-state index in [1.54, 1.807) is 24.3 Å². The third-order valence-electron chi connectivity index (χ3n) is 5.02. The second-order valence-electron chi connectivity index (χ2n) is 7.32. The highest BCUT2D eigenvalue weighted by atomic mass is 79.9. The summed E-state index contributed by atoms with van der Waals surface area (Å²) in [6.07, 6.45) is -2.86. The molecule has 0 fully saturated rings. The lowest BCUT2D eigenvalue weighted by Crippen LogP contribution is -2.06. The fourth-order valence-electron chi connectivity index (χ4n) is 3.42. The molecule has 0 radical (unpaired) electrons. The van der Waals surface area contributed by atoms with Crippen molar-refractivity contribution in [3.8, 4) is 11.5 Å². The number of alkyl halides is 3. The van der Waals surface area contributed by atoms with E-state index in [1.165, 1.54) is 6.07 Å². The zero-order chi connectivity index (χ0) is 23.6. The van der Waals surface area contributed by atoms with E-state index in [2.05, 4.69) is 21.2 Å². The van der Waals surface area contributed by atoms with Crippen LogP contribution in [-0.2, 0) is 17.6 Å². The van der Waals surface area contributed by atoms with Crippen LogP contribution in [0.1, 0.15) is 29.2 Å². The van der Waals surface area contributed by atoms with Gasteiger partial charge in [0.2, 0.25) is 0 Å². The summed E-state index contributed by atoms with van der Waals surface area (Å²) in [6, 6.07) is 16.2. The molecule has 0 saturated carbocycles. The van der Waals surface area contributed by atoms with Gasteiger partial charge in [0.1, 0.15) is 6.61 Å². The first-order chi connectivity index (χ1) is 15.7. The molecule has 8 heteroatoms. The minimum atomic E-state index is -4.48. The predicted molar refractivity (Wildman–Crippen MR) is 124 cm³/mol. The number of carbonyl (C=O) groups is 1. The number of hydrogen-bond acceptors (Lipinski definition) is 3. The highest BCUT2D eigenvalue weighted by molar-refractivity contribution is 9.10. The van der Waals surface area contributed by atoms with Gasteiger partial charge >= 0.3 is 6.18 Å². The van der Waals surface area contributed by atoms with Crippen molar-refractivity contribution in [3.63, 3.8) is 0 Å². The van der Waals surface area contributed by atoms with Crippen molar-refractivity contribution in [2.75, 3.05) is 11.9 Å². The lowest BCUT2D eigenvalue weighted by molar-refractivity contribution is -0.137. The summed E-state index contributed by atoms with van der Waals surface area (Å²) >= 11 is 3.40. The lowest BCUT2D eigenvalue weighted by atomic mass is 10.0. The molecule has 170 valence electrons. The van der Waals surface area contributed by atoms with Crippen molar-refractivity contribution >= 4 is 39.2 Å². The van der Waals surface area contributed by atoms with E-state index in [4.69, 9.17) is 9.47 Å². The molecule has 0 saturated heterocycles. The van der Waals surface area contributed by atoms with Crippen LogP contribution in [0.4, 0.5) is 18.9 Å². The van der Waals surface area contributed by atoms with Crippen LogP contribution in [-0.4, -0.2) is 12.5 Å². The Labute approximate surface area is 197 Å². The van der Waals surface area contributed by atoms with Crippen molar-refractivity contribution < 1.29 is 27.4 Å². The summed E-state index contributed by atoms with van der Waals surface area (Å²) in [4.78, 5) is 12.4. The Bertz CT molecular complexity index is 1220. The molecule has 1 N–H and O–H groups in total. The Hall–Kier alpha value is -3.26. The zero-order valence-corrected chi connectivity index (χ0v) is 19.1. The zero-order valence-electron chi connectivity index (χ0n) is 17.5. The van der Waals surface area contributed by atoms with Crippen LogP contribution in [0.3, 0.4) is 0 Å². The SMILES string of the molecule is CCOc1cc(/C=C2\C(=O)Nc3cc(C(F)(F)F)ccc32)ccc1OCc1ccc(Br)cc1. The molecule has 0 spiro atoms. The molecule has 4 rings (SSSR count). The minimum absolute atomic E-state index is 0.139. The predicted octanol–water partition coefficient (Wildman–Crippen LogP) is 6.94. The number of nitrogens with one attached hydrogen (secondary N) is 1. The summed E-state index contributed by atoms with van der Waals surface area (Å²) in [5.41, 5.74) is 1.68. The Morgan fingerprint density at radius 3 is 2.42 bits per heavy atom. The minimum Gasteiger partial charge on any atom is -0.490 e. The van der Waals surface area contributed by atoms with Crippen LogP contribution in [0.5, 0.6) is 11.5 Å². The third kappa shape index (κ3) is 5.22. The molecule has 33 heavy (non-hydrogen) atoms. The molecule has 1 amide bonds. The van der Waals surface area contributed by atoms with Gasteiger partial charge in [-0.3, -0.25) is 4.79 Å². The summed E-state index contributed by atoms with van der Waals surface area (Å²) in [7, 11) is 0. The number of rotatable bonds is 6. The number of carbonyl (C=O) groups excluding carboxylic acids is 1. The van der Waals surface area contributed by atoms with Crippen LogP contribution in [0, 0.1) is 0 Å². The van der Waals surface area contributed by atoms with Gasteiger partial charge in [-0.1, -0.05) is 40.2 Å². The summed E-state index contributed by atoms with van der Waals surface area (Å²) in [6.45, 7) is 2.62. The van der Waals surface area contributed by atoms with E-state index in [0.29, 0.717) is 35.8 Å². The van der Waals surface area contributed by atoms with Crippen molar-refractivity contribution in [3.05, 3.63) is 87.4 Å². The normalized spacial score (nSPS) is 14.2. The van der Waals surface area contributed by atoms with Gasteiger partial charge < -0.3 is 14.8 Å². The van der Waals surface area contributed by atoms with Crippen molar-refractivity contribution in [1.82, 2.24) is 0 Å². The smallest absolute Gasteiger partial charge is 0.416 e. The van der Waals surface area contributed by atoms with Crippen LogP contribution in [0.2, 0.25) is 0 Å². The lowest BCUT2D eigenvalue weighted by Gasteiger charge is -2.13. The number of hydrogen-bond donors (Lipinski definition) is 1. The van der Waals surface area contributed by atoms with Gasteiger partial charge in [0.15, 0.2) is 11.5 Å². The Morgan fingerprint density at radius 1 is 0.970 bits per heavy atom. The fourth-order valence-corrected chi connectivity index (χ4v) is 3.69. The molecule has 3 aromatic rings. The van der Waals surface area contributed by atoms with Crippen molar-refractivity contribution in [2.24, 2.45) is 0 Å². The van der Waals surface area contributed by atoms with Gasteiger partial charge in [-0.05, 0) is 60.5 Å². The summed E-state index contributed by atoms with van der Waals surface area (Å²) in [5, 5.41) is 2.51. The number of benzene rings is 3. The highest BCUT2D eigenvalue weighted by Crippen LogP contribution is 2.39. The van der Waals surface area contributed by atoms with Gasteiger partial charge in [0, 0.05) is 21.3 Å². The Kier molecular flexibility index (Phi) is 6.47. The first-order valence-electron chi connectivity index (χ1n) is 10.1. The molecule has 1 aliphatic heterocycles. The third-order valence-corrected chi connectivity index (χ3v) is 5.54. The number of anilines is 1. The van der Waals surface area contributed by atoms with Gasteiger partial charge in [-0.25, -0.2) is 0 Å². The van der Waals surface area contributed by atoms with Gasteiger partial charge in [-0.15, -0.1) is 0 Å². The molecule has 0 aromatic heterocycles. The van der Waals surface area contributed by atoms with Crippen LogP contribution < -0.4 is 14.8 Å². The monoisotopic (exact) mass is 517 g/mol. The van der Waals surface area contributed by atoms with E-state index in [0.717, 1.165) is 22.2 Å². The molecule has 0 aliphatic carbocycles. The average molecular weight is 518 g/mol. The molecule has 0 unspecified atom stereocenters. The topological polar surface area (TPSA) is 47.6 Å². The van der Waals surface area contributed by atoms with Gasteiger partial charge in [-0.2, -0.15) is 13.2 Å². The number of fused-ring (bicyclic) bond motifs is 1. The second kappa shape index (κ2) is 9.31. The number of amides is 1. The van der Waals surface area contributed by atoms with E-state index in [-0.39, 0.29) is 11.3 Å². The first-order valence-corrected chi connectivity index (χ1v) is 10.9. The maximum Gasteiger partial charge on any atom is 0.416 e. The molecule has 1 heterocycles. The molecule has 3 aromatic carbocycles. The number of ether oxygens (including phenoxy) is 2. The van der Waals surface area contributed by atoms with E-state index in [9.17, 15) is 18.0 Å². The first kappa shape index (κ1) is 22.9. The van der Waals surface area contributed by atoms with Crippen LogP contribution >= 0.6 is 15.9 Å². The molecule has 0 bridgehead atoms. The average Bonchev–Trinajstić information content (AvgIpc) is 3.08. The molecule has 0 atom stereocenters. The highest BCUT2D eigenvalue weighted by Gasteiger charge is 2.33. The van der Waals surface area contributed by atoms with E-state index >= 15 is 0 Å². The Balaban J connectivity index is 1.60. The maximum absolute atomic E-state index is 13.0. The summed E-state index contributed by atoms with van der Waals surface area (Å²) < 4.78 is 51.6. The largest absolute Gasteiger partial charge is 0.490 e. The van der Waals surface area contributed by atoms with Gasteiger partial charge in [0.25, 0.3) is 5.91 Å². The van der Waals surface area contributed by atoms with Crippen LogP contribution in [0.15, 0.2) is 65.1 Å². The quantitative estimate of drug-likeness (QED) is 0.360. The molecule has 1 aliphatic rings. The molecule has 4 nitrogen and oxygen atoms in total. The van der Waals surface area contributed by atoms with E-state index in [1.807, 2.05) is 31.2 Å². The molecular weight excluding hydrogens is 499 g/mol. The van der Waals surface area contributed by atoms with Crippen molar-refractivity contribution in [1.29, 1.82) is 0 Å². The Morgan fingerprint density at radius 2 is 1.73 bits per heavy atom. The standard InChI is InChI=1S/C25H19BrF3NO3/c1-2-32-23-12-16(5-10-22(23)33-14-15-3-7-18(26)8-4-15)11-20-19-9-6-17(25(27,28)29)13-21(19)30-24(20)31/h3-13H,2,14H2,1H3,(H,30,31)/b20-11-. The second-order valence-corrected chi connectivity index (χ2v) is 8.24. The summed E-state index contributed by atoms with van der Waals surface area (Å²) in [5.74, 6) is 0.598.